The summed E-state index contributed by atoms with van der Waals surface area (Å²) in [6.45, 7) is 5.59. The molecule has 0 N–H and O–H groups in total. The summed E-state index contributed by atoms with van der Waals surface area (Å²) in [5, 5.41) is 4.20. The molecule has 0 bridgehead atoms. The molecule has 0 spiro atoms. The Morgan fingerprint density at radius 3 is 2.48 bits per heavy atom. The van der Waals surface area contributed by atoms with Gasteiger partial charge in [-0.3, -0.25) is 4.90 Å². The Morgan fingerprint density at radius 1 is 1.03 bits per heavy atom. The van der Waals surface area contributed by atoms with Gasteiger partial charge in [0, 0.05) is 38.9 Å². The topological polar surface area (TPSA) is 50.6 Å². The summed E-state index contributed by atoms with van der Waals surface area (Å²) in [4.78, 5) is 16.6. The third-order valence-electron chi connectivity index (χ3n) is 4.92. The number of hydrogen-bond acceptors (Lipinski definition) is 4. The van der Waals surface area contributed by atoms with E-state index < -0.39 is 0 Å². The molecule has 0 aliphatic carbocycles. The van der Waals surface area contributed by atoms with E-state index in [1.54, 1.807) is 18.3 Å². The first-order chi connectivity index (χ1) is 14.1. The monoisotopic (exact) mass is 394 g/mol. The van der Waals surface area contributed by atoms with Crippen LogP contribution < -0.4 is 4.74 Å². The highest BCUT2D eigenvalue weighted by Gasteiger charge is 2.22. The van der Waals surface area contributed by atoms with Gasteiger partial charge in [0.2, 0.25) is 0 Å². The summed E-state index contributed by atoms with van der Waals surface area (Å²) < 4.78 is 20.3. The molecule has 0 radical (unpaired) electrons. The predicted molar refractivity (Wildman–Crippen MR) is 108 cm³/mol. The molecule has 1 aromatic heterocycles. The minimum atomic E-state index is -0.286. The zero-order chi connectivity index (χ0) is 20.2. The lowest BCUT2D eigenvalue weighted by Crippen LogP contribution is -2.49. The van der Waals surface area contributed by atoms with Crippen LogP contribution in [0.5, 0.6) is 11.5 Å². The number of benzene rings is 2. The average molecular weight is 394 g/mol. The number of aromatic nitrogens is 2. The van der Waals surface area contributed by atoms with Crippen LogP contribution in [0.1, 0.15) is 11.3 Å². The zero-order valence-electron chi connectivity index (χ0n) is 16.3. The largest absolute Gasteiger partial charge is 0.457 e. The van der Waals surface area contributed by atoms with Crippen molar-refractivity contribution in [2.24, 2.45) is 0 Å². The van der Waals surface area contributed by atoms with Crippen molar-refractivity contribution in [2.75, 3.05) is 26.2 Å². The van der Waals surface area contributed by atoms with Crippen LogP contribution in [0.2, 0.25) is 0 Å². The van der Waals surface area contributed by atoms with Gasteiger partial charge in [-0.2, -0.15) is 9.78 Å². The molecule has 2 heterocycles. The average Bonchev–Trinajstić information content (AvgIpc) is 3.16. The standard InChI is InChI=1S/C22H23FN4O2/c1-17-9-10-27(24-17)22(28)26-13-11-25(12-14-26)16-18-3-2-4-21(15-18)29-20-7-5-19(23)6-8-20/h2-10,15H,11-14,16H2,1H3. The van der Waals surface area contributed by atoms with Gasteiger partial charge in [0.25, 0.3) is 0 Å². The minimum Gasteiger partial charge on any atom is -0.457 e. The second kappa shape index (κ2) is 8.45. The van der Waals surface area contributed by atoms with Crippen LogP contribution >= 0.6 is 0 Å². The molecule has 2 aromatic carbocycles. The Balaban J connectivity index is 1.32. The lowest BCUT2D eigenvalue weighted by Gasteiger charge is -2.34. The van der Waals surface area contributed by atoms with E-state index in [0.717, 1.165) is 36.6 Å². The maximum Gasteiger partial charge on any atom is 0.344 e. The summed E-state index contributed by atoms with van der Waals surface area (Å²) in [6, 6.07) is 15.6. The van der Waals surface area contributed by atoms with Gasteiger partial charge in [0.15, 0.2) is 0 Å². The van der Waals surface area contributed by atoms with E-state index in [9.17, 15) is 9.18 Å². The van der Waals surface area contributed by atoms with Crippen LogP contribution in [0, 0.1) is 12.7 Å². The lowest BCUT2D eigenvalue weighted by molar-refractivity contribution is 0.134. The fourth-order valence-electron chi connectivity index (χ4n) is 3.37. The van der Waals surface area contributed by atoms with Crippen molar-refractivity contribution >= 4 is 6.03 Å². The van der Waals surface area contributed by atoms with Crippen LogP contribution in [-0.2, 0) is 6.54 Å². The smallest absolute Gasteiger partial charge is 0.344 e. The van der Waals surface area contributed by atoms with E-state index >= 15 is 0 Å². The zero-order valence-corrected chi connectivity index (χ0v) is 16.3. The summed E-state index contributed by atoms with van der Waals surface area (Å²) >= 11 is 0. The van der Waals surface area contributed by atoms with Gasteiger partial charge < -0.3 is 9.64 Å². The van der Waals surface area contributed by atoms with Crippen molar-refractivity contribution in [2.45, 2.75) is 13.5 Å². The van der Waals surface area contributed by atoms with Crippen molar-refractivity contribution in [3.63, 3.8) is 0 Å². The third-order valence-corrected chi connectivity index (χ3v) is 4.92. The fourth-order valence-corrected chi connectivity index (χ4v) is 3.37. The first-order valence-corrected chi connectivity index (χ1v) is 9.63. The van der Waals surface area contributed by atoms with E-state index in [1.165, 1.54) is 16.8 Å². The van der Waals surface area contributed by atoms with Gasteiger partial charge in [-0.25, -0.2) is 9.18 Å². The Kier molecular flexibility index (Phi) is 5.57. The van der Waals surface area contributed by atoms with Crippen LogP contribution in [0.25, 0.3) is 0 Å². The highest BCUT2D eigenvalue weighted by Crippen LogP contribution is 2.23. The number of rotatable bonds is 4. The quantitative estimate of drug-likeness (QED) is 0.673. The Hall–Kier alpha value is -3.19. The predicted octanol–water partition coefficient (Wildman–Crippen LogP) is 3.91. The number of carbonyl (C=O) groups is 1. The normalized spacial score (nSPS) is 14.8. The summed E-state index contributed by atoms with van der Waals surface area (Å²) in [7, 11) is 0. The van der Waals surface area contributed by atoms with E-state index in [0.29, 0.717) is 18.8 Å². The molecule has 1 saturated heterocycles. The summed E-state index contributed by atoms with van der Waals surface area (Å²) in [6.07, 6.45) is 1.71. The van der Waals surface area contributed by atoms with Crippen LogP contribution in [-0.4, -0.2) is 51.8 Å². The second-order valence-electron chi connectivity index (χ2n) is 7.15. The van der Waals surface area contributed by atoms with Gasteiger partial charge >= 0.3 is 6.03 Å². The molecular weight excluding hydrogens is 371 g/mol. The molecular formula is C22H23FN4O2. The number of carbonyl (C=O) groups excluding carboxylic acids is 1. The molecule has 1 fully saturated rings. The van der Waals surface area contributed by atoms with Gasteiger partial charge in [0.05, 0.1) is 5.69 Å². The molecule has 4 rings (SSSR count). The van der Waals surface area contributed by atoms with E-state index in [1.807, 2.05) is 36.1 Å². The molecule has 7 heteroatoms. The summed E-state index contributed by atoms with van der Waals surface area (Å²) in [5.74, 6) is 1.04. The molecule has 0 saturated carbocycles. The molecule has 1 aliphatic heterocycles. The Morgan fingerprint density at radius 2 is 1.79 bits per heavy atom. The molecule has 3 aromatic rings. The molecule has 1 amide bonds. The summed E-state index contributed by atoms with van der Waals surface area (Å²) in [5.41, 5.74) is 1.96. The first kappa shape index (κ1) is 19.1. The van der Waals surface area contributed by atoms with Gasteiger partial charge in [-0.15, -0.1) is 0 Å². The van der Waals surface area contributed by atoms with E-state index in [-0.39, 0.29) is 11.8 Å². The lowest BCUT2D eigenvalue weighted by atomic mass is 10.2. The SMILES string of the molecule is Cc1ccn(C(=O)N2CCN(Cc3cccc(Oc4ccc(F)cc4)c3)CC2)n1. The molecule has 150 valence electrons. The minimum absolute atomic E-state index is 0.0764. The molecule has 0 unspecified atom stereocenters. The maximum atomic E-state index is 13.0. The number of amides is 1. The number of halogens is 1. The van der Waals surface area contributed by atoms with Crippen molar-refractivity contribution in [1.29, 1.82) is 0 Å². The van der Waals surface area contributed by atoms with Gasteiger partial charge in [-0.1, -0.05) is 12.1 Å². The number of ether oxygens (including phenoxy) is 1. The van der Waals surface area contributed by atoms with Gasteiger partial charge in [0.1, 0.15) is 17.3 Å². The molecule has 29 heavy (non-hydrogen) atoms. The molecule has 1 aliphatic rings. The van der Waals surface area contributed by atoms with Crippen LogP contribution in [0.4, 0.5) is 9.18 Å². The van der Waals surface area contributed by atoms with Crippen molar-refractivity contribution in [3.05, 3.63) is 77.9 Å². The van der Waals surface area contributed by atoms with Crippen molar-refractivity contribution < 1.29 is 13.9 Å². The number of nitrogens with zero attached hydrogens (tertiary/aromatic N) is 4. The first-order valence-electron chi connectivity index (χ1n) is 9.63. The second-order valence-corrected chi connectivity index (χ2v) is 7.15. The highest BCUT2D eigenvalue weighted by atomic mass is 19.1. The third kappa shape index (κ3) is 4.81. The highest BCUT2D eigenvalue weighted by molar-refractivity contribution is 5.76. The van der Waals surface area contributed by atoms with Gasteiger partial charge in [-0.05, 0) is 55.0 Å². The van der Waals surface area contributed by atoms with E-state index in [2.05, 4.69) is 16.1 Å². The molecule has 6 nitrogen and oxygen atoms in total. The number of aryl methyl sites for hydroxylation is 1. The number of piperazine rings is 1. The van der Waals surface area contributed by atoms with Crippen molar-refractivity contribution in [3.8, 4) is 11.5 Å². The van der Waals surface area contributed by atoms with Crippen LogP contribution in [0.3, 0.4) is 0 Å². The fraction of sp³-hybridized carbons (Fsp3) is 0.273. The maximum absolute atomic E-state index is 13.0. The molecule has 0 atom stereocenters. The van der Waals surface area contributed by atoms with Crippen LogP contribution in [0.15, 0.2) is 60.8 Å². The number of hydrogen-bond donors (Lipinski definition) is 0. The van der Waals surface area contributed by atoms with Crippen molar-refractivity contribution in [1.82, 2.24) is 19.6 Å². The Labute approximate surface area is 169 Å². The van der Waals surface area contributed by atoms with E-state index in [4.69, 9.17) is 4.74 Å². The Bertz CT molecular complexity index is 978.